The van der Waals surface area contributed by atoms with Gasteiger partial charge in [0.1, 0.15) is 5.75 Å². The summed E-state index contributed by atoms with van der Waals surface area (Å²) >= 11 is 3.52. The lowest BCUT2D eigenvalue weighted by Crippen LogP contribution is -2.18. The van der Waals surface area contributed by atoms with Gasteiger partial charge in [-0.05, 0) is 61.9 Å². The van der Waals surface area contributed by atoms with Crippen LogP contribution in [0.3, 0.4) is 0 Å². The highest BCUT2D eigenvalue weighted by molar-refractivity contribution is 9.10. The Kier molecular flexibility index (Phi) is 5.21. The molecule has 0 saturated heterocycles. The summed E-state index contributed by atoms with van der Waals surface area (Å²) in [5.74, 6) is 0.917. The SMILES string of the molecule is CCOc1cccc(C(NC)c2ccc(Br)cc2C)c1. The van der Waals surface area contributed by atoms with Crippen LogP contribution in [-0.4, -0.2) is 13.7 Å². The Bertz CT molecular complexity index is 583. The van der Waals surface area contributed by atoms with Crippen molar-refractivity contribution in [2.24, 2.45) is 0 Å². The fraction of sp³-hybridized carbons (Fsp3) is 0.294. The van der Waals surface area contributed by atoms with Crippen molar-refractivity contribution in [3.05, 3.63) is 63.6 Å². The van der Waals surface area contributed by atoms with Gasteiger partial charge in [0.05, 0.1) is 12.6 Å². The quantitative estimate of drug-likeness (QED) is 0.871. The predicted molar refractivity (Wildman–Crippen MR) is 87.4 cm³/mol. The third kappa shape index (κ3) is 3.41. The predicted octanol–water partition coefficient (Wildman–Crippen LogP) is 4.47. The Labute approximate surface area is 129 Å². The average molecular weight is 334 g/mol. The molecular formula is C17H20BrNO. The van der Waals surface area contributed by atoms with E-state index in [1.807, 2.05) is 26.1 Å². The van der Waals surface area contributed by atoms with E-state index >= 15 is 0 Å². The third-order valence-electron chi connectivity index (χ3n) is 3.33. The first kappa shape index (κ1) is 15.1. The van der Waals surface area contributed by atoms with Crippen LogP contribution in [0.4, 0.5) is 0 Å². The molecule has 2 nitrogen and oxygen atoms in total. The summed E-state index contributed by atoms with van der Waals surface area (Å²) in [6, 6.07) is 14.8. The summed E-state index contributed by atoms with van der Waals surface area (Å²) in [6.07, 6.45) is 0. The van der Waals surface area contributed by atoms with Crippen LogP contribution in [0.2, 0.25) is 0 Å². The Balaban J connectivity index is 2.38. The summed E-state index contributed by atoms with van der Waals surface area (Å²) in [5.41, 5.74) is 3.76. The molecule has 0 aliphatic rings. The fourth-order valence-electron chi connectivity index (χ4n) is 2.42. The average Bonchev–Trinajstić information content (AvgIpc) is 2.43. The van der Waals surface area contributed by atoms with E-state index in [2.05, 4.69) is 58.5 Å². The molecular weight excluding hydrogens is 314 g/mol. The van der Waals surface area contributed by atoms with Gasteiger partial charge in [-0.2, -0.15) is 0 Å². The van der Waals surface area contributed by atoms with E-state index in [0.29, 0.717) is 6.61 Å². The smallest absolute Gasteiger partial charge is 0.119 e. The van der Waals surface area contributed by atoms with Crippen LogP contribution in [0, 0.1) is 6.92 Å². The zero-order valence-electron chi connectivity index (χ0n) is 12.1. The molecule has 3 heteroatoms. The van der Waals surface area contributed by atoms with Gasteiger partial charge in [0, 0.05) is 4.47 Å². The van der Waals surface area contributed by atoms with Gasteiger partial charge >= 0.3 is 0 Å². The number of rotatable bonds is 5. The van der Waals surface area contributed by atoms with Crippen molar-refractivity contribution in [2.45, 2.75) is 19.9 Å². The van der Waals surface area contributed by atoms with E-state index < -0.39 is 0 Å². The molecule has 0 fully saturated rings. The molecule has 0 radical (unpaired) electrons. The molecule has 0 aliphatic heterocycles. The lowest BCUT2D eigenvalue weighted by atomic mass is 9.95. The summed E-state index contributed by atoms with van der Waals surface area (Å²) < 4.78 is 6.70. The minimum Gasteiger partial charge on any atom is -0.494 e. The van der Waals surface area contributed by atoms with Crippen LogP contribution in [0.25, 0.3) is 0 Å². The van der Waals surface area contributed by atoms with Crippen LogP contribution >= 0.6 is 15.9 Å². The molecule has 0 amide bonds. The molecule has 2 aromatic rings. The van der Waals surface area contributed by atoms with Crippen molar-refractivity contribution in [1.82, 2.24) is 5.32 Å². The number of hydrogen-bond acceptors (Lipinski definition) is 2. The first-order valence-electron chi connectivity index (χ1n) is 6.81. The monoisotopic (exact) mass is 333 g/mol. The minimum atomic E-state index is 0.170. The number of benzene rings is 2. The normalized spacial score (nSPS) is 12.2. The number of halogens is 1. The molecule has 2 aromatic carbocycles. The molecule has 106 valence electrons. The van der Waals surface area contributed by atoms with Gasteiger partial charge in [-0.15, -0.1) is 0 Å². The van der Waals surface area contributed by atoms with Crippen LogP contribution in [0.5, 0.6) is 5.75 Å². The summed E-state index contributed by atoms with van der Waals surface area (Å²) in [5, 5.41) is 3.39. The van der Waals surface area contributed by atoms with E-state index in [4.69, 9.17) is 4.74 Å². The van der Waals surface area contributed by atoms with Crippen molar-refractivity contribution >= 4 is 15.9 Å². The van der Waals surface area contributed by atoms with Gasteiger partial charge < -0.3 is 10.1 Å². The zero-order valence-corrected chi connectivity index (χ0v) is 13.7. The zero-order chi connectivity index (χ0) is 14.5. The minimum absolute atomic E-state index is 0.170. The lowest BCUT2D eigenvalue weighted by molar-refractivity contribution is 0.339. The largest absolute Gasteiger partial charge is 0.494 e. The molecule has 1 N–H and O–H groups in total. The maximum absolute atomic E-state index is 5.59. The summed E-state index contributed by atoms with van der Waals surface area (Å²) in [4.78, 5) is 0. The van der Waals surface area contributed by atoms with E-state index in [-0.39, 0.29) is 6.04 Å². The van der Waals surface area contributed by atoms with Gasteiger partial charge in [0.2, 0.25) is 0 Å². The highest BCUT2D eigenvalue weighted by Crippen LogP contribution is 2.28. The Morgan fingerprint density at radius 1 is 1.20 bits per heavy atom. The van der Waals surface area contributed by atoms with Crippen molar-refractivity contribution in [3.63, 3.8) is 0 Å². The van der Waals surface area contributed by atoms with Crippen LogP contribution in [-0.2, 0) is 0 Å². The molecule has 0 heterocycles. The van der Waals surface area contributed by atoms with Gasteiger partial charge in [0.25, 0.3) is 0 Å². The molecule has 0 saturated carbocycles. The van der Waals surface area contributed by atoms with Crippen LogP contribution in [0.1, 0.15) is 29.7 Å². The maximum atomic E-state index is 5.59. The molecule has 0 aromatic heterocycles. The van der Waals surface area contributed by atoms with Crippen molar-refractivity contribution in [3.8, 4) is 5.75 Å². The van der Waals surface area contributed by atoms with Crippen LogP contribution in [0.15, 0.2) is 46.9 Å². The van der Waals surface area contributed by atoms with Crippen molar-refractivity contribution in [1.29, 1.82) is 0 Å². The Hall–Kier alpha value is -1.32. The molecule has 1 atom stereocenters. The molecule has 2 rings (SSSR count). The standard InChI is InChI=1S/C17H20BrNO/c1-4-20-15-7-5-6-13(11-15)17(19-3)16-9-8-14(18)10-12(16)2/h5-11,17,19H,4H2,1-3H3. The van der Waals surface area contributed by atoms with E-state index in [9.17, 15) is 0 Å². The second-order valence-corrected chi connectivity index (χ2v) is 5.64. The highest BCUT2D eigenvalue weighted by Gasteiger charge is 2.14. The molecule has 0 bridgehead atoms. The Morgan fingerprint density at radius 2 is 2.00 bits per heavy atom. The van der Waals surface area contributed by atoms with Gasteiger partial charge in [-0.25, -0.2) is 0 Å². The first-order valence-corrected chi connectivity index (χ1v) is 7.61. The van der Waals surface area contributed by atoms with E-state index in [1.54, 1.807) is 0 Å². The third-order valence-corrected chi connectivity index (χ3v) is 3.83. The Morgan fingerprint density at radius 3 is 2.65 bits per heavy atom. The van der Waals surface area contributed by atoms with Crippen molar-refractivity contribution < 1.29 is 4.74 Å². The molecule has 0 aliphatic carbocycles. The topological polar surface area (TPSA) is 21.3 Å². The van der Waals surface area contributed by atoms with E-state index in [1.165, 1.54) is 16.7 Å². The van der Waals surface area contributed by atoms with E-state index in [0.717, 1.165) is 10.2 Å². The lowest BCUT2D eigenvalue weighted by Gasteiger charge is -2.20. The maximum Gasteiger partial charge on any atom is 0.119 e. The molecule has 0 spiro atoms. The second-order valence-electron chi connectivity index (χ2n) is 4.73. The number of hydrogen-bond donors (Lipinski definition) is 1. The summed E-state index contributed by atoms with van der Waals surface area (Å²) in [7, 11) is 1.99. The van der Waals surface area contributed by atoms with Crippen LogP contribution < -0.4 is 10.1 Å². The van der Waals surface area contributed by atoms with Gasteiger partial charge in [-0.3, -0.25) is 0 Å². The van der Waals surface area contributed by atoms with Gasteiger partial charge in [0.15, 0.2) is 0 Å². The fourth-order valence-corrected chi connectivity index (χ4v) is 2.89. The first-order chi connectivity index (χ1) is 9.65. The highest BCUT2D eigenvalue weighted by atomic mass is 79.9. The van der Waals surface area contributed by atoms with Gasteiger partial charge in [-0.1, -0.05) is 34.1 Å². The summed E-state index contributed by atoms with van der Waals surface area (Å²) in [6.45, 7) is 4.82. The molecule has 20 heavy (non-hydrogen) atoms. The number of nitrogens with one attached hydrogen (secondary N) is 1. The number of ether oxygens (including phenoxy) is 1. The molecule has 1 unspecified atom stereocenters. The number of aryl methyl sites for hydroxylation is 1. The van der Waals surface area contributed by atoms with Crippen molar-refractivity contribution in [2.75, 3.05) is 13.7 Å². The second kappa shape index (κ2) is 6.91.